The first-order chi connectivity index (χ1) is 9.07. The number of carboxylic acid groups (broad SMARTS) is 3. The summed E-state index contributed by atoms with van der Waals surface area (Å²) in [5, 5.41) is 24.4. The van der Waals surface area contributed by atoms with Crippen LogP contribution in [-0.2, 0) is 19.2 Å². The fraction of sp³-hybridized carbons (Fsp3) is 0.667. The monoisotopic (exact) mass is 308 g/mol. The van der Waals surface area contributed by atoms with Crippen LogP contribution in [0.3, 0.4) is 0 Å². The van der Waals surface area contributed by atoms with Crippen molar-refractivity contribution < 1.29 is 34.5 Å². The van der Waals surface area contributed by atoms with E-state index >= 15 is 0 Å². The van der Waals surface area contributed by atoms with Gasteiger partial charge >= 0.3 is 17.9 Å². The third kappa shape index (κ3) is 18.0. The molecule has 9 nitrogen and oxygen atoms in total. The molecule has 0 bridgehead atoms. The van der Waals surface area contributed by atoms with Crippen molar-refractivity contribution in [2.75, 3.05) is 0 Å². The summed E-state index contributed by atoms with van der Waals surface area (Å²) in [6, 6.07) is -1.67. The Labute approximate surface area is 122 Å². The Bertz CT molecular complexity index is 324. The molecular weight excluding hydrogens is 284 g/mol. The van der Waals surface area contributed by atoms with Gasteiger partial charge in [0.15, 0.2) is 0 Å². The second-order valence-corrected chi connectivity index (χ2v) is 4.03. The molecule has 0 aromatic rings. The number of Topliss-reactive ketones (excluding diaryl/α,β-unsaturated/α-hetero) is 1. The summed E-state index contributed by atoms with van der Waals surface area (Å²) in [6.07, 6.45) is -0.0381. The molecule has 2 atom stereocenters. The molecule has 0 heterocycles. The number of carboxylic acids is 3. The number of aliphatic carboxylic acids is 3. The van der Waals surface area contributed by atoms with Crippen LogP contribution in [0, 0.1) is 0 Å². The van der Waals surface area contributed by atoms with Crippen LogP contribution in [0.25, 0.3) is 0 Å². The van der Waals surface area contributed by atoms with Gasteiger partial charge in [-0.2, -0.15) is 0 Å². The van der Waals surface area contributed by atoms with E-state index in [1.807, 2.05) is 0 Å². The number of carbonyl (C=O) groups excluding carboxylic acids is 1. The van der Waals surface area contributed by atoms with Crippen LogP contribution < -0.4 is 11.5 Å². The van der Waals surface area contributed by atoms with E-state index in [1.54, 1.807) is 0 Å². The molecule has 0 aromatic heterocycles. The summed E-state index contributed by atoms with van der Waals surface area (Å²) in [5.41, 5.74) is 10.3. The first kappa shape index (κ1) is 24.0. The van der Waals surface area contributed by atoms with E-state index in [0.717, 1.165) is 0 Å². The van der Waals surface area contributed by atoms with E-state index in [-0.39, 0.29) is 38.9 Å². The Balaban J connectivity index is -0.000000295. The van der Waals surface area contributed by atoms with Gasteiger partial charge in [-0.15, -0.1) is 0 Å². The van der Waals surface area contributed by atoms with Crippen LogP contribution in [0.4, 0.5) is 0 Å². The molecule has 0 aliphatic carbocycles. The van der Waals surface area contributed by atoms with E-state index < -0.39 is 30.0 Å². The summed E-state index contributed by atoms with van der Waals surface area (Å²) in [7, 11) is 0. The lowest BCUT2D eigenvalue weighted by Crippen LogP contribution is -2.30. The molecule has 0 saturated carbocycles. The zero-order valence-electron chi connectivity index (χ0n) is 11.1. The molecule has 0 spiro atoms. The lowest BCUT2D eigenvalue weighted by Gasteiger charge is -2.03. The Morgan fingerprint density at radius 2 is 1.19 bits per heavy atom. The molecule has 124 valence electrons. The molecule has 0 amide bonds. The summed E-state index contributed by atoms with van der Waals surface area (Å²) in [6.45, 7) is 1.35. The highest BCUT2D eigenvalue weighted by Crippen LogP contribution is 1.94. The van der Waals surface area contributed by atoms with E-state index in [4.69, 9.17) is 26.8 Å². The lowest BCUT2D eigenvalue weighted by molar-refractivity contribution is -0.140. The van der Waals surface area contributed by atoms with E-state index in [9.17, 15) is 19.2 Å². The maximum Gasteiger partial charge on any atom is 0.320 e. The van der Waals surface area contributed by atoms with Gasteiger partial charge < -0.3 is 26.8 Å². The van der Waals surface area contributed by atoms with Crippen LogP contribution in [0.5, 0.6) is 0 Å². The maximum atomic E-state index is 10.4. The van der Waals surface area contributed by atoms with E-state index in [2.05, 4.69) is 0 Å². The number of carbonyl (C=O) groups is 4. The van der Waals surface area contributed by atoms with E-state index in [0.29, 0.717) is 0 Å². The Morgan fingerprint density at radius 1 is 0.857 bits per heavy atom. The average Bonchev–Trinajstić information content (AvgIpc) is 2.33. The minimum atomic E-state index is -1.17. The van der Waals surface area contributed by atoms with Crippen LogP contribution >= 0.6 is 0 Å². The molecular formula is C12H24N2O7. The van der Waals surface area contributed by atoms with Gasteiger partial charge in [0.05, 0.1) is 6.04 Å². The van der Waals surface area contributed by atoms with Gasteiger partial charge in [-0.05, 0) is 19.8 Å². The molecule has 0 unspecified atom stereocenters. The van der Waals surface area contributed by atoms with Crippen molar-refractivity contribution in [1.29, 1.82) is 0 Å². The maximum absolute atomic E-state index is 10.4. The van der Waals surface area contributed by atoms with Gasteiger partial charge in [-0.25, -0.2) is 0 Å². The third-order valence-electron chi connectivity index (χ3n) is 2.18. The summed E-state index contributed by atoms with van der Waals surface area (Å²) >= 11 is 0. The predicted octanol–water partition coefficient (Wildman–Crippen LogP) is -0.333. The standard InChI is InChI=1S/C6H11NO3.C5H9NO4.CH4/c1-4(8)5(7)2-3-6(9)10;6-3(5(9)10)1-2-4(7)8;/h5H,2-3,7H2,1H3,(H,9,10);3H,1-2,6H2,(H,7,8)(H,9,10);1H4/t5-;3-;/m10./s1. The number of nitrogens with two attached hydrogens (primary N) is 2. The summed E-state index contributed by atoms with van der Waals surface area (Å²) < 4.78 is 0. The van der Waals surface area contributed by atoms with Gasteiger partial charge in [-0.1, -0.05) is 7.43 Å². The largest absolute Gasteiger partial charge is 0.481 e. The van der Waals surface area contributed by atoms with Gasteiger partial charge in [0.25, 0.3) is 0 Å². The molecule has 0 aliphatic heterocycles. The summed E-state index contributed by atoms with van der Waals surface area (Å²) in [4.78, 5) is 40.3. The number of hydrogen-bond acceptors (Lipinski definition) is 6. The Morgan fingerprint density at radius 3 is 1.43 bits per heavy atom. The van der Waals surface area contributed by atoms with Crippen molar-refractivity contribution in [1.82, 2.24) is 0 Å². The molecule has 0 radical (unpaired) electrons. The minimum absolute atomic E-state index is 0. The topological polar surface area (TPSA) is 181 Å². The molecule has 21 heavy (non-hydrogen) atoms. The zero-order valence-corrected chi connectivity index (χ0v) is 11.1. The third-order valence-corrected chi connectivity index (χ3v) is 2.18. The SMILES string of the molecule is C.CC(=O)[C@H](N)CCC(=O)O.N[C@@H](CCC(=O)O)C(=O)O. The van der Waals surface area contributed by atoms with E-state index in [1.165, 1.54) is 6.92 Å². The second-order valence-electron chi connectivity index (χ2n) is 4.03. The first-order valence-electron chi connectivity index (χ1n) is 5.75. The van der Waals surface area contributed by atoms with Crippen LogP contribution in [-0.4, -0.2) is 51.1 Å². The van der Waals surface area contributed by atoms with Crippen LogP contribution in [0.15, 0.2) is 0 Å². The normalized spacial score (nSPS) is 12.0. The Hall–Kier alpha value is -2.00. The fourth-order valence-electron chi connectivity index (χ4n) is 0.885. The van der Waals surface area contributed by atoms with Crippen LogP contribution in [0.1, 0.15) is 40.0 Å². The zero-order chi connectivity index (χ0) is 16.3. The van der Waals surface area contributed by atoms with Crippen molar-refractivity contribution in [3.05, 3.63) is 0 Å². The quantitative estimate of drug-likeness (QED) is 0.400. The molecule has 0 rings (SSSR count). The second kappa shape index (κ2) is 13.0. The highest BCUT2D eigenvalue weighted by Gasteiger charge is 2.12. The van der Waals surface area contributed by atoms with Gasteiger partial charge in [0, 0.05) is 12.8 Å². The van der Waals surface area contributed by atoms with Crippen molar-refractivity contribution in [2.24, 2.45) is 11.5 Å². The highest BCUT2D eigenvalue weighted by molar-refractivity contribution is 5.81. The lowest BCUT2D eigenvalue weighted by atomic mass is 10.1. The summed E-state index contributed by atoms with van der Waals surface area (Å²) in [5.74, 6) is -3.28. The van der Waals surface area contributed by atoms with Gasteiger partial charge in [0.2, 0.25) is 0 Å². The molecule has 9 heteroatoms. The fourth-order valence-corrected chi connectivity index (χ4v) is 0.885. The van der Waals surface area contributed by atoms with Crippen LogP contribution in [0.2, 0.25) is 0 Å². The van der Waals surface area contributed by atoms with Crippen molar-refractivity contribution in [3.63, 3.8) is 0 Å². The molecule has 0 saturated heterocycles. The predicted molar refractivity (Wildman–Crippen MR) is 74.7 cm³/mol. The number of hydrogen-bond donors (Lipinski definition) is 5. The van der Waals surface area contributed by atoms with Crippen molar-refractivity contribution in [2.45, 2.75) is 52.1 Å². The van der Waals surface area contributed by atoms with Crippen molar-refractivity contribution >= 4 is 23.7 Å². The van der Waals surface area contributed by atoms with Crippen molar-refractivity contribution in [3.8, 4) is 0 Å². The minimum Gasteiger partial charge on any atom is -0.481 e. The highest BCUT2D eigenvalue weighted by atomic mass is 16.4. The first-order valence-corrected chi connectivity index (χ1v) is 5.75. The number of ketones is 1. The molecule has 0 aromatic carbocycles. The average molecular weight is 308 g/mol. The van der Waals surface area contributed by atoms with Gasteiger partial charge in [0.1, 0.15) is 11.8 Å². The van der Waals surface area contributed by atoms with Gasteiger partial charge in [-0.3, -0.25) is 19.2 Å². The molecule has 0 aliphatic rings. The molecule has 0 fully saturated rings. The Kier molecular flexibility index (Phi) is 14.9. The number of rotatable bonds is 8. The smallest absolute Gasteiger partial charge is 0.320 e. The molecule has 7 N–H and O–H groups in total.